The Morgan fingerprint density at radius 2 is 1.81 bits per heavy atom. The summed E-state index contributed by atoms with van der Waals surface area (Å²) in [5.41, 5.74) is 0.936. The van der Waals surface area contributed by atoms with Crippen LogP contribution < -0.4 is 5.32 Å². The van der Waals surface area contributed by atoms with E-state index in [1.165, 1.54) is 7.11 Å². The summed E-state index contributed by atoms with van der Waals surface area (Å²) in [5, 5.41) is 5.05. The standard InChI is InChI=1S/C25H32N2O4/c1-4-18(5-2)24(29)27-14-8-11-22(27)23(28)26-21(25(30)31-3)16-17-12-13-19-9-6-7-10-20(19)15-17/h6-7,9-10,12-13,15,18,21-22H,4-5,8,11,14,16H2,1-3H3,(H,26,28). The number of carbonyl (C=O) groups excluding carboxylic acids is 3. The van der Waals surface area contributed by atoms with Gasteiger partial charge in [0.2, 0.25) is 11.8 Å². The van der Waals surface area contributed by atoms with Crippen molar-refractivity contribution in [3.05, 3.63) is 48.0 Å². The number of fused-ring (bicyclic) bond motifs is 1. The van der Waals surface area contributed by atoms with Crippen molar-refractivity contribution in [3.63, 3.8) is 0 Å². The number of nitrogens with one attached hydrogen (secondary N) is 1. The lowest BCUT2D eigenvalue weighted by Crippen LogP contribution is -2.52. The van der Waals surface area contributed by atoms with Crippen LogP contribution in [0.4, 0.5) is 0 Å². The third kappa shape index (κ3) is 5.24. The summed E-state index contributed by atoms with van der Waals surface area (Å²) in [6, 6.07) is 12.7. The highest BCUT2D eigenvalue weighted by atomic mass is 16.5. The predicted molar refractivity (Wildman–Crippen MR) is 120 cm³/mol. The molecule has 1 aliphatic rings. The van der Waals surface area contributed by atoms with E-state index in [0.717, 1.165) is 35.6 Å². The Bertz CT molecular complexity index is 938. The maximum Gasteiger partial charge on any atom is 0.328 e. The largest absolute Gasteiger partial charge is 0.467 e. The SMILES string of the molecule is CCC(CC)C(=O)N1CCCC1C(=O)NC(Cc1ccc2ccccc2c1)C(=O)OC. The van der Waals surface area contributed by atoms with Crippen molar-refractivity contribution in [1.82, 2.24) is 10.2 Å². The summed E-state index contributed by atoms with van der Waals surface area (Å²) in [6.45, 7) is 4.57. The fraction of sp³-hybridized carbons (Fsp3) is 0.480. The Morgan fingerprint density at radius 3 is 2.48 bits per heavy atom. The predicted octanol–water partition coefficient (Wildman–Crippen LogP) is 3.47. The molecule has 2 atom stereocenters. The summed E-state index contributed by atoms with van der Waals surface area (Å²) in [7, 11) is 1.32. The molecular weight excluding hydrogens is 392 g/mol. The number of ether oxygens (including phenoxy) is 1. The zero-order valence-corrected chi connectivity index (χ0v) is 18.6. The number of hydrogen-bond donors (Lipinski definition) is 1. The molecule has 6 nitrogen and oxygen atoms in total. The van der Waals surface area contributed by atoms with Gasteiger partial charge in [0.1, 0.15) is 12.1 Å². The number of carbonyl (C=O) groups is 3. The zero-order chi connectivity index (χ0) is 22.4. The highest BCUT2D eigenvalue weighted by molar-refractivity contribution is 5.92. The quantitative estimate of drug-likeness (QED) is 0.659. The molecule has 1 N–H and O–H groups in total. The van der Waals surface area contributed by atoms with Crippen LogP contribution in [0.1, 0.15) is 45.1 Å². The second-order valence-electron chi connectivity index (χ2n) is 8.17. The van der Waals surface area contributed by atoms with Crippen LogP contribution in [0.15, 0.2) is 42.5 Å². The van der Waals surface area contributed by atoms with Gasteiger partial charge in [0.15, 0.2) is 0 Å². The molecule has 2 amide bonds. The highest BCUT2D eigenvalue weighted by Gasteiger charge is 2.37. The van der Waals surface area contributed by atoms with E-state index in [-0.39, 0.29) is 17.7 Å². The van der Waals surface area contributed by atoms with Crippen LogP contribution in [0, 0.1) is 5.92 Å². The van der Waals surface area contributed by atoms with Gasteiger partial charge in [0, 0.05) is 18.9 Å². The van der Waals surface area contributed by atoms with E-state index >= 15 is 0 Å². The van der Waals surface area contributed by atoms with Crippen molar-refractivity contribution in [2.75, 3.05) is 13.7 Å². The first-order valence-electron chi connectivity index (χ1n) is 11.1. The Balaban J connectivity index is 1.74. The monoisotopic (exact) mass is 424 g/mol. The summed E-state index contributed by atoms with van der Waals surface area (Å²) in [6.07, 6.45) is 3.25. The summed E-state index contributed by atoms with van der Waals surface area (Å²) >= 11 is 0. The molecule has 166 valence electrons. The van der Waals surface area contributed by atoms with Crippen molar-refractivity contribution in [3.8, 4) is 0 Å². The van der Waals surface area contributed by atoms with Gasteiger partial charge in [-0.2, -0.15) is 0 Å². The van der Waals surface area contributed by atoms with E-state index in [1.807, 2.05) is 56.3 Å². The molecule has 0 radical (unpaired) electrons. The number of nitrogens with zero attached hydrogens (tertiary/aromatic N) is 1. The maximum atomic E-state index is 13.1. The van der Waals surface area contributed by atoms with Crippen LogP contribution in [-0.4, -0.2) is 48.4 Å². The molecule has 0 aliphatic carbocycles. The minimum absolute atomic E-state index is 0.0341. The van der Waals surface area contributed by atoms with E-state index in [4.69, 9.17) is 4.74 Å². The van der Waals surface area contributed by atoms with E-state index in [0.29, 0.717) is 19.4 Å². The minimum atomic E-state index is -0.802. The second-order valence-corrected chi connectivity index (χ2v) is 8.17. The number of likely N-dealkylation sites (tertiary alicyclic amines) is 1. The van der Waals surface area contributed by atoms with Gasteiger partial charge in [0.05, 0.1) is 7.11 Å². The van der Waals surface area contributed by atoms with Crippen molar-refractivity contribution in [1.29, 1.82) is 0 Å². The molecule has 0 bridgehead atoms. The average molecular weight is 425 g/mol. The van der Waals surface area contributed by atoms with Gasteiger partial charge in [0.25, 0.3) is 0 Å². The Hall–Kier alpha value is -2.89. The molecule has 1 heterocycles. The first kappa shape index (κ1) is 22.8. The van der Waals surface area contributed by atoms with Gasteiger partial charge in [-0.3, -0.25) is 9.59 Å². The van der Waals surface area contributed by atoms with Gasteiger partial charge < -0.3 is 15.0 Å². The first-order valence-corrected chi connectivity index (χ1v) is 11.1. The lowest BCUT2D eigenvalue weighted by Gasteiger charge is -2.28. The van der Waals surface area contributed by atoms with Gasteiger partial charge in [-0.25, -0.2) is 4.79 Å². The fourth-order valence-electron chi connectivity index (χ4n) is 4.38. The van der Waals surface area contributed by atoms with Crippen molar-refractivity contribution < 1.29 is 19.1 Å². The van der Waals surface area contributed by atoms with Gasteiger partial charge in [-0.05, 0) is 42.0 Å². The number of esters is 1. The van der Waals surface area contributed by atoms with Crippen LogP contribution in [0.2, 0.25) is 0 Å². The summed E-state index contributed by atoms with van der Waals surface area (Å²) in [4.78, 5) is 40.1. The molecule has 31 heavy (non-hydrogen) atoms. The molecular formula is C25H32N2O4. The molecule has 0 aromatic heterocycles. The number of amides is 2. The molecule has 1 fully saturated rings. The van der Waals surface area contributed by atoms with E-state index in [9.17, 15) is 14.4 Å². The second kappa shape index (κ2) is 10.4. The molecule has 3 rings (SSSR count). The average Bonchev–Trinajstić information content (AvgIpc) is 3.29. The molecule has 6 heteroatoms. The third-order valence-electron chi connectivity index (χ3n) is 6.23. The molecule has 0 spiro atoms. The summed E-state index contributed by atoms with van der Waals surface area (Å²) < 4.78 is 4.95. The Kier molecular flexibility index (Phi) is 7.66. The number of methoxy groups -OCH3 is 1. The van der Waals surface area contributed by atoms with Crippen LogP contribution in [-0.2, 0) is 25.5 Å². The fourth-order valence-corrected chi connectivity index (χ4v) is 4.38. The topological polar surface area (TPSA) is 75.7 Å². The first-order chi connectivity index (χ1) is 15.0. The normalized spacial score (nSPS) is 17.0. The Labute approximate surface area is 183 Å². The van der Waals surface area contributed by atoms with Gasteiger partial charge >= 0.3 is 5.97 Å². The lowest BCUT2D eigenvalue weighted by atomic mass is 10.0. The van der Waals surface area contributed by atoms with Crippen LogP contribution in [0.25, 0.3) is 10.8 Å². The highest BCUT2D eigenvalue weighted by Crippen LogP contribution is 2.23. The van der Waals surface area contributed by atoms with Crippen LogP contribution in [0.3, 0.4) is 0 Å². The lowest BCUT2D eigenvalue weighted by molar-refractivity contribution is -0.146. The zero-order valence-electron chi connectivity index (χ0n) is 18.6. The molecule has 2 aromatic carbocycles. The van der Waals surface area contributed by atoms with Crippen molar-refractivity contribution >= 4 is 28.6 Å². The maximum absolute atomic E-state index is 13.1. The van der Waals surface area contributed by atoms with E-state index < -0.39 is 18.1 Å². The molecule has 1 saturated heterocycles. The van der Waals surface area contributed by atoms with Crippen molar-refractivity contribution in [2.24, 2.45) is 5.92 Å². The third-order valence-corrected chi connectivity index (χ3v) is 6.23. The van der Waals surface area contributed by atoms with Gasteiger partial charge in [-0.15, -0.1) is 0 Å². The summed E-state index contributed by atoms with van der Waals surface area (Å²) in [5.74, 6) is -0.806. The number of rotatable bonds is 8. The molecule has 2 aromatic rings. The van der Waals surface area contributed by atoms with E-state index in [1.54, 1.807) is 4.90 Å². The molecule has 2 unspecified atom stereocenters. The Morgan fingerprint density at radius 1 is 1.10 bits per heavy atom. The van der Waals surface area contributed by atoms with E-state index in [2.05, 4.69) is 5.32 Å². The minimum Gasteiger partial charge on any atom is -0.467 e. The number of hydrogen-bond acceptors (Lipinski definition) is 4. The molecule has 1 aliphatic heterocycles. The van der Waals surface area contributed by atoms with Crippen LogP contribution in [0.5, 0.6) is 0 Å². The molecule has 0 saturated carbocycles. The van der Waals surface area contributed by atoms with Crippen LogP contribution >= 0.6 is 0 Å². The van der Waals surface area contributed by atoms with Crippen molar-refractivity contribution in [2.45, 2.75) is 58.0 Å². The number of benzene rings is 2. The smallest absolute Gasteiger partial charge is 0.328 e. The van der Waals surface area contributed by atoms with Gasteiger partial charge in [-0.1, -0.05) is 56.3 Å².